The molecule has 0 spiro atoms. The van der Waals surface area contributed by atoms with Gasteiger partial charge < -0.3 is 14.6 Å². The fourth-order valence-electron chi connectivity index (χ4n) is 3.26. The van der Waals surface area contributed by atoms with E-state index in [1.54, 1.807) is 0 Å². The molecule has 0 bridgehead atoms. The Morgan fingerprint density at radius 1 is 0.969 bits per heavy atom. The van der Waals surface area contributed by atoms with E-state index >= 15 is 0 Å². The van der Waals surface area contributed by atoms with E-state index in [1.807, 2.05) is 54.9 Å². The van der Waals surface area contributed by atoms with E-state index in [4.69, 9.17) is 4.74 Å². The van der Waals surface area contributed by atoms with E-state index in [0.717, 1.165) is 34.3 Å². The second-order valence-corrected chi connectivity index (χ2v) is 7.27. The summed E-state index contributed by atoms with van der Waals surface area (Å²) in [7, 11) is 0. The van der Waals surface area contributed by atoms with Gasteiger partial charge in [0.05, 0.1) is 22.9 Å². The van der Waals surface area contributed by atoms with Gasteiger partial charge >= 0.3 is 6.18 Å². The number of aromatic nitrogens is 2. The average Bonchev–Trinajstić information content (AvgIpc) is 3.20. The van der Waals surface area contributed by atoms with Crippen molar-refractivity contribution in [2.24, 2.45) is 0 Å². The van der Waals surface area contributed by atoms with Crippen LogP contribution < -0.4 is 10.1 Å². The van der Waals surface area contributed by atoms with Crippen molar-refractivity contribution < 1.29 is 22.7 Å². The summed E-state index contributed by atoms with van der Waals surface area (Å²) >= 11 is 0. The van der Waals surface area contributed by atoms with E-state index < -0.39 is 17.6 Å². The van der Waals surface area contributed by atoms with Crippen LogP contribution in [0.5, 0.6) is 5.75 Å². The maximum atomic E-state index is 12.7. The van der Waals surface area contributed by atoms with Crippen molar-refractivity contribution in [1.82, 2.24) is 14.9 Å². The zero-order valence-electron chi connectivity index (χ0n) is 17.0. The second kappa shape index (κ2) is 9.13. The number of nitrogens with zero attached hydrogens (tertiary/aromatic N) is 2. The van der Waals surface area contributed by atoms with E-state index in [2.05, 4.69) is 14.9 Å². The standard InChI is InChI=1S/C24H20F3N3O2/c25-24(26,27)19-4-3-5-20(12-19)32-15-23(31)28-13-17-8-10-18(11-9-17)14-30-16-29-21-6-1-2-7-22(21)30/h1-12,16H,13-15H2,(H,28,31). The Balaban J connectivity index is 1.27. The minimum absolute atomic E-state index is 0.00801. The molecule has 5 nitrogen and oxygen atoms in total. The lowest BCUT2D eigenvalue weighted by Crippen LogP contribution is -2.28. The summed E-state index contributed by atoms with van der Waals surface area (Å²) in [5.74, 6) is -0.428. The van der Waals surface area contributed by atoms with Crippen molar-refractivity contribution in [2.45, 2.75) is 19.3 Å². The van der Waals surface area contributed by atoms with Crippen molar-refractivity contribution >= 4 is 16.9 Å². The number of ether oxygens (including phenoxy) is 1. The quantitative estimate of drug-likeness (QED) is 0.450. The molecule has 3 aromatic carbocycles. The Hall–Kier alpha value is -3.81. The Morgan fingerprint density at radius 3 is 2.50 bits per heavy atom. The van der Waals surface area contributed by atoms with E-state index in [0.29, 0.717) is 13.1 Å². The topological polar surface area (TPSA) is 56.1 Å². The third kappa shape index (κ3) is 5.26. The van der Waals surface area contributed by atoms with Gasteiger partial charge in [-0.05, 0) is 41.5 Å². The molecule has 32 heavy (non-hydrogen) atoms. The Morgan fingerprint density at radius 2 is 1.72 bits per heavy atom. The molecule has 0 aliphatic rings. The summed E-state index contributed by atoms with van der Waals surface area (Å²) in [6.07, 6.45) is -2.65. The molecule has 0 saturated carbocycles. The smallest absolute Gasteiger partial charge is 0.416 e. The molecule has 1 heterocycles. The van der Waals surface area contributed by atoms with Crippen molar-refractivity contribution in [2.75, 3.05) is 6.61 Å². The number of alkyl halides is 3. The lowest BCUT2D eigenvalue weighted by atomic mass is 10.1. The maximum absolute atomic E-state index is 12.7. The number of carbonyl (C=O) groups is 1. The summed E-state index contributed by atoms with van der Waals surface area (Å²) < 4.78 is 45.5. The predicted octanol–water partition coefficient (Wildman–Crippen LogP) is 4.80. The number of nitrogens with one attached hydrogen (secondary N) is 1. The van der Waals surface area contributed by atoms with Gasteiger partial charge in [-0.3, -0.25) is 4.79 Å². The molecule has 0 fully saturated rings. The highest BCUT2D eigenvalue weighted by atomic mass is 19.4. The summed E-state index contributed by atoms with van der Waals surface area (Å²) in [6.45, 7) is 0.601. The molecule has 1 amide bonds. The van der Waals surface area contributed by atoms with Gasteiger partial charge in [-0.15, -0.1) is 0 Å². The first-order valence-electron chi connectivity index (χ1n) is 9.93. The number of rotatable bonds is 7. The van der Waals surface area contributed by atoms with Gasteiger partial charge in [0.25, 0.3) is 5.91 Å². The fraction of sp³-hybridized carbons (Fsp3) is 0.167. The highest BCUT2D eigenvalue weighted by Gasteiger charge is 2.30. The van der Waals surface area contributed by atoms with Crippen molar-refractivity contribution in [3.05, 3.63) is 95.8 Å². The van der Waals surface area contributed by atoms with Crippen LogP contribution in [0, 0.1) is 0 Å². The average molecular weight is 439 g/mol. The molecule has 0 aliphatic carbocycles. The SMILES string of the molecule is O=C(COc1cccc(C(F)(F)F)c1)NCc1ccc(Cn2cnc3ccccc32)cc1. The first-order chi connectivity index (χ1) is 15.4. The molecule has 4 rings (SSSR count). The van der Waals surface area contributed by atoms with Crippen LogP contribution in [0.2, 0.25) is 0 Å². The number of hydrogen-bond donors (Lipinski definition) is 1. The number of carbonyl (C=O) groups excluding carboxylic acids is 1. The molecule has 4 aromatic rings. The van der Waals surface area contributed by atoms with Crippen molar-refractivity contribution in [1.29, 1.82) is 0 Å². The molecular formula is C24H20F3N3O2. The molecule has 0 atom stereocenters. The van der Waals surface area contributed by atoms with E-state index in [9.17, 15) is 18.0 Å². The van der Waals surface area contributed by atoms with Crippen LogP contribution in [0.1, 0.15) is 16.7 Å². The molecular weight excluding hydrogens is 419 g/mol. The minimum Gasteiger partial charge on any atom is -0.484 e. The lowest BCUT2D eigenvalue weighted by Gasteiger charge is -2.11. The number of fused-ring (bicyclic) bond motifs is 1. The zero-order valence-corrected chi connectivity index (χ0v) is 17.0. The molecule has 1 aromatic heterocycles. The van der Waals surface area contributed by atoms with Gasteiger partial charge in [0.15, 0.2) is 6.61 Å². The van der Waals surface area contributed by atoms with Crippen LogP contribution in [0.4, 0.5) is 13.2 Å². The van der Waals surface area contributed by atoms with Crippen LogP contribution in [0.15, 0.2) is 79.1 Å². The van der Waals surface area contributed by atoms with Gasteiger partial charge in [0.1, 0.15) is 5.75 Å². The van der Waals surface area contributed by atoms with Crippen LogP contribution in [-0.2, 0) is 24.1 Å². The van der Waals surface area contributed by atoms with Crippen LogP contribution in [0.25, 0.3) is 11.0 Å². The van der Waals surface area contributed by atoms with Gasteiger partial charge in [0.2, 0.25) is 0 Å². The number of imidazole rings is 1. The zero-order chi connectivity index (χ0) is 22.6. The number of hydrogen-bond acceptors (Lipinski definition) is 3. The second-order valence-electron chi connectivity index (χ2n) is 7.27. The Labute approximate surface area is 182 Å². The van der Waals surface area contributed by atoms with Gasteiger partial charge in [0, 0.05) is 13.1 Å². The Kier molecular flexibility index (Phi) is 6.11. The third-order valence-electron chi connectivity index (χ3n) is 4.92. The normalized spacial score (nSPS) is 11.5. The highest BCUT2D eigenvalue weighted by molar-refractivity contribution is 5.77. The fourth-order valence-corrected chi connectivity index (χ4v) is 3.26. The molecule has 0 radical (unpaired) electrons. The summed E-state index contributed by atoms with van der Waals surface area (Å²) in [5.41, 5.74) is 3.18. The summed E-state index contributed by atoms with van der Waals surface area (Å²) in [6, 6.07) is 20.2. The summed E-state index contributed by atoms with van der Waals surface area (Å²) in [5, 5.41) is 2.70. The molecule has 0 unspecified atom stereocenters. The number of benzene rings is 3. The van der Waals surface area contributed by atoms with Gasteiger partial charge in [-0.2, -0.15) is 13.2 Å². The lowest BCUT2D eigenvalue weighted by molar-refractivity contribution is -0.137. The van der Waals surface area contributed by atoms with Gasteiger partial charge in [-0.1, -0.05) is 42.5 Å². The number of para-hydroxylation sites is 2. The van der Waals surface area contributed by atoms with Crippen LogP contribution >= 0.6 is 0 Å². The number of amides is 1. The molecule has 0 aliphatic heterocycles. The van der Waals surface area contributed by atoms with Gasteiger partial charge in [-0.25, -0.2) is 4.98 Å². The monoisotopic (exact) mass is 439 g/mol. The molecule has 8 heteroatoms. The first-order valence-corrected chi connectivity index (χ1v) is 9.93. The first kappa shape index (κ1) is 21.4. The van der Waals surface area contributed by atoms with Crippen LogP contribution in [0.3, 0.4) is 0 Å². The maximum Gasteiger partial charge on any atom is 0.416 e. The molecule has 1 N–H and O–H groups in total. The largest absolute Gasteiger partial charge is 0.484 e. The van der Waals surface area contributed by atoms with Crippen molar-refractivity contribution in [3.63, 3.8) is 0 Å². The summed E-state index contributed by atoms with van der Waals surface area (Å²) in [4.78, 5) is 16.4. The highest BCUT2D eigenvalue weighted by Crippen LogP contribution is 2.31. The third-order valence-corrected chi connectivity index (χ3v) is 4.92. The number of halogens is 3. The van der Waals surface area contributed by atoms with Crippen LogP contribution in [-0.4, -0.2) is 22.1 Å². The minimum atomic E-state index is -4.46. The van der Waals surface area contributed by atoms with E-state index in [-0.39, 0.29) is 12.4 Å². The Bertz CT molecular complexity index is 1220. The molecule has 0 saturated heterocycles. The predicted molar refractivity (Wildman–Crippen MR) is 114 cm³/mol. The van der Waals surface area contributed by atoms with Crippen molar-refractivity contribution in [3.8, 4) is 5.75 Å². The molecule has 164 valence electrons. The van der Waals surface area contributed by atoms with E-state index in [1.165, 1.54) is 12.1 Å².